The number of hydrogen-bond acceptors (Lipinski definition) is 3. The van der Waals surface area contributed by atoms with Crippen LogP contribution in [-0.4, -0.2) is 35.1 Å². The molecule has 0 bridgehead atoms. The lowest BCUT2D eigenvalue weighted by Crippen LogP contribution is -2.41. The summed E-state index contributed by atoms with van der Waals surface area (Å²) in [5.74, 6) is -3.73. The van der Waals surface area contributed by atoms with Crippen molar-refractivity contribution in [3.8, 4) is 0 Å². The fraction of sp³-hybridized carbons (Fsp3) is 0.500. The van der Waals surface area contributed by atoms with Gasteiger partial charge in [-0.15, -0.1) is 12.4 Å². The highest BCUT2D eigenvalue weighted by Gasteiger charge is 2.27. The molecule has 1 aromatic heterocycles. The van der Waals surface area contributed by atoms with Crippen molar-refractivity contribution in [2.24, 2.45) is 5.73 Å². The first-order valence-corrected chi connectivity index (χ1v) is 4.33. The maximum atomic E-state index is 12.7. The SMILES string of the molecule is Cc1cc(C(=O)NCC(F)(F)CN)n[nH]1.Cl. The number of rotatable bonds is 4. The van der Waals surface area contributed by atoms with E-state index in [-0.39, 0.29) is 18.1 Å². The third-order valence-corrected chi connectivity index (χ3v) is 1.74. The van der Waals surface area contributed by atoms with Crippen LogP contribution in [0.4, 0.5) is 8.78 Å². The largest absolute Gasteiger partial charge is 0.345 e. The zero-order chi connectivity index (χ0) is 11.5. The van der Waals surface area contributed by atoms with Gasteiger partial charge < -0.3 is 11.1 Å². The molecule has 0 radical (unpaired) electrons. The molecular formula is C8H13ClF2N4O. The van der Waals surface area contributed by atoms with Crippen LogP contribution in [0.2, 0.25) is 0 Å². The molecule has 0 fully saturated rings. The molecule has 0 spiro atoms. The summed E-state index contributed by atoms with van der Waals surface area (Å²) in [6, 6.07) is 1.47. The molecule has 0 aromatic carbocycles. The average molecular weight is 255 g/mol. The Labute approximate surface area is 97.2 Å². The van der Waals surface area contributed by atoms with Crippen molar-refractivity contribution >= 4 is 18.3 Å². The van der Waals surface area contributed by atoms with Crippen molar-refractivity contribution in [1.82, 2.24) is 15.5 Å². The highest BCUT2D eigenvalue weighted by Crippen LogP contribution is 2.09. The monoisotopic (exact) mass is 254 g/mol. The van der Waals surface area contributed by atoms with E-state index in [0.29, 0.717) is 5.69 Å². The predicted molar refractivity (Wildman–Crippen MR) is 56.9 cm³/mol. The molecule has 16 heavy (non-hydrogen) atoms. The molecule has 5 nitrogen and oxygen atoms in total. The molecule has 0 saturated carbocycles. The fourth-order valence-electron chi connectivity index (χ4n) is 0.907. The van der Waals surface area contributed by atoms with Crippen LogP contribution in [0, 0.1) is 6.92 Å². The Morgan fingerprint density at radius 1 is 1.69 bits per heavy atom. The van der Waals surface area contributed by atoms with Crippen molar-refractivity contribution in [2.75, 3.05) is 13.1 Å². The van der Waals surface area contributed by atoms with Crippen molar-refractivity contribution in [2.45, 2.75) is 12.8 Å². The summed E-state index contributed by atoms with van der Waals surface area (Å²) in [5.41, 5.74) is 5.58. The van der Waals surface area contributed by atoms with Gasteiger partial charge in [-0.05, 0) is 13.0 Å². The van der Waals surface area contributed by atoms with Crippen LogP contribution in [0.3, 0.4) is 0 Å². The van der Waals surface area contributed by atoms with Gasteiger partial charge in [0, 0.05) is 5.69 Å². The third-order valence-electron chi connectivity index (χ3n) is 1.74. The summed E-state index contributed by atoms with van der Waals surface area (Å²) in [5, 5.41) is 8.22. The van der Waals surface area contributed by atoms with Crippen LogP contribution in [0.5, 0.6) is 0 Å². The first-order chi connectivity index (χ1) is 6.94. The topological polar surface area (TPSA) is 83.8 Å². The van der Waals surface area contributed by atoms with Gasteiger partial charge in [0.1, 0.15) is 5.69 Å². The molecule has 4 N–H and O–H groups in total. The van der Waals surface area contributed by atoms with Crippen LogP contribution in [-0.2, 0) is 0 Å². The number of aromatic amines is 1. The molecule has 0 saturated heterocycles. The van der Waals surface area contributed by atoms with Crippen molar-refractivity contribution in [3.05, 3.63) is 17.5 Å². The van der Waals surface area contributed by atoms with E-state index >= 15 is 0 Å². The molecule has 92 valence electrons. The number of nitrogens with one attached hydrogen (secondary N) is 2. The van der Waals surface area contributed by atoms with Gasteiger partial charge in [-0.1, -0.05) is 0 Å². The Bertz CT molecular complexity index is 356. The van der Waals surface area contributed by atoms with Crippen molar-refractivity contribution in [3.63, 3.8) is 0 Å². The second kappa shape index (κ2) is 5.76. The normalized spacial score (nSPS) is 10.8. The van der Waals surface area contributed by atoms with E-state index in [4.69, 9.17) is 5.73 Å². The van der Waals surface area contributed by atoms with Crippen molar-refractivity contribution < 1.29 is 13.6 Å². The summed E-state index contributed by atoms with van der Waals surface area (Å²) >= 11 is 0. The zero-order valence-corrected chi connectivity index (χ0v) is 9.41. The third kappa shape index (κ3) is 4.11. The number of aryl methyl sites for hydroxylation is 1. The van der Waals surface area contributed by atoms with Gasteiger partial charge >= 0.3 is 0 Å². The molecule has 0 aliphatic heterocycles. The van der Waals surface area contributed by atoms with Gasteiger partial charge in [-0.2, -0.15) is 5.10 Å². The van der Waals surface area contributed by atoms with Gasteiger partial charge in [0.2, 0.25) is 0 Å². The molecule has 1 amide bonds. The quantitative estimate of drug-likeness (QED) is 0.730. The van der Waals surface area contributed by atoms with E-state index in [0.717, 1.165) is 0 Å². The van der Waals surface area contributed by atoms with Crippen LogP contribution in [0.25, 0.3) is 0 Å². The van der Waals surface area contributed by atoms with Crippen LogP contribution in [0.1, 0.15) is 16.2 Å². The molecule has 8 heteroatoms. The van der Waals surface area contributed by atoms with Crippen molar-refractivity contribution in [1.29, 1.82) is 0 Å². The standard InChI is InChI=1S/C8H12F2N4O.ClH/c1-5-2-6(14-13-5)7(15)12-4-8(9,10)3-11;/h2H,3-4,11H2,1H3,(H,12,15)(H,13,14);1H. The van der Waals surface area contributed by atoms with Gasteiger partial charge in [-0.25, -0.2) is 8.78 Å². The fourth-order valence-corrected chi connectivity index (χ4v) is 0.907. The van der Waals surface area contributed by atoms with E-state index in [1.807, 2.05) is 0 Å². The highest BCUT2D eigenvalue weighted by atomic mass is 35.5. The summed E-state index contributed by atoms with van der Waals surface area (Å²) in [7, 11) is 0. The molecular weight excluding hydrogens is 242 g/mol. The number of aromatic nitrogens is 2. The highest BCUT2D eigenvalue weighted by molar-refractivity contribution is 5.92. The first kappa shape index (κ1) is 14.8. The molecule has 1 heterocycles. The second-order valence-electron chi connectivity index (χ2n) is 3.18. The Kier molecular flexibility index (Phi) is 5.32. The second-order valence-corrected chi connectivity index (χ2v) is 3.18. The lowest BCUT2D eigenvalue weighted by molar-refractivity contribution is 0.0118. The van der Waals surface area contributed by atoms with Gasteiger partial charge in [-0.3, -0.25) is 9.89 Å². The number of hydrogen-bond donors (Lipinski definition) is 3. The lowest BCUT2D eigenvalue weighted by atomic mass is 10.3. The molecule has 0 aliphatic carbocycles. The number of carbonyl (C=O) groups is 1. The average Bonchev–Trinajstić information content (AvgIpc) is 2.61. The molecule has 1 rings (SSSR count). The van der Waals surface area contributed by atoms with Gasteiger partial charge in [0.05, 0.1) is 13.1 Å². The Morgan fingerprint density at radius 3 is 2.75 bits per heavy atom. The van der Waals surface area contributed by atoms with Gasteiger partial charge in [0.15, 0.2) is 0 Å². The van der Waals surface area contributed by atoms with E-state index < -0.39 is 24.9 Å². The number of alkyl halides is 2. The van der Waals surface area contributed by atoms with E-state index in [2.05, 4.69) is 15.5 Å². The summed E-state index contributed by atoms with van der Waals surface area (Å²) in [4.78, 5) is 11.3. The maximum Gasteiger partial charge on any atom is 0.277 e. The predicted octanol–water partition coefficient (Wildman–Crippen LogP) is 0.464. The Balaban J connectivity index is 0.00000225. The lowest BCUT2D eigenvalue weighted by Gasteiger charge is -2.13. The van der Waals surface area contributed by atoms with E-state index in [1.165, 1.54) is 6.07 Å². The molecule has 1 aromatic rings. The molecule has 0 unspecified atom stereocenters. The number of nitrogens with zero attached hydrogens (tertiary/aromatic N) is 1. The Morgan fingerprint density at radius 2 is 2.31 bits per heavy atom. The zero-order valence-electron chi connectivity index (χ0n) is 8.59. The summed E-state index contributed by atoms with van der Waals surface area (Å²) in [6.07, 6.45) is 0. The maximum absolute atomic E-state index is 12.7. The van der Waals surface area contributed by atoms with Crippen LogP contribution >= 0.6 is 12.4 Å². The summed E-state index contributed by atoms with van der Waals surface area (Å²) < 4.78 is 25.3. The molecule has 0 atom stereocenters. The molecule has 0 aliphatic rings. The Hall–Kier alpha value is -1.21. The minimum atomic E-state index is -3.08. The number of nitrogens with two attached hydrogens (primary N) is 1. The van der Waals surface area contributed by atoms with Crippen LogP contribution < -0.4 is 11.1 Å². The number of carbonyl (C=O) groups excluding carboxylic acids is 1. The minimum absolute atomic E-state index is 0. The number of amides is 1. The van der Waals surface area contributed by atoms with E-state index in [1.54, 1.807) is 6.92 Å². The smallest absolute Gasteiger partial charge is 0.277 e. The minimum Gasteiger partial charge on any atom is -0.345 e. The number of H-pyrrole nitrogens is 1. The van der Waals surface area contributed by atoms with Crippen LogP contribution in [0.15, 0.2) is 6.07 Å². The van der Waals surface area contributed by atoms with E-state index in [9.17, 15) is 13.6 Å². The number of halogens is 3. The first-order valence-electron chi connectivity index (χ1n) is 4.33. The summed E-state index contributed by atoms with van der Waals surface area (Å²) in [6.45, 7) is 0.124. The van der Waals surface area contributed by atoms with Gasteiger partial charge in [0.25, 0.3) is 11.8 Å².